The third-order valence-corrected chi connectivity index (χ3v) is 2.40. The molecule has 0 saturated heterocycles. The predicted molar refractivity (Wildman–Crippen MR) is 60.5 cm³/mol. The molecule has 1 rings (SSSR count). The van der Waals surface area contributed by atoms with Gasteiger partial charge in [-0.2, -0.15) is 0 Å². The van der Waals surface area contributed by atoms with Gasteiger partial charge in [0.05, 0.1) is 0 Å². The summed E-state index contributed by atoms with van der Waals surface area (Å²) in [6.07, 6.45) is 5.42. The molecule has 0 unspecified atom stereocenters. The summed E-state index contributed by atoms with van der Waals surface area (Å²) in [6, 6.07) is 0. The highest BCUT2D eigenvalue weighted by Gasteiger charge is 2.12. The summed E-state index contributed by atoms with van der Waals surface area (Å²) in [7, 11) is 2.05. The molecule has 0 bridgehead atoms. The average molecular weight is 195 g/mol. The number of allylic oxidation sites excluding steroid dienone is 2. The van der Waals surface area contributed by atoms with E-state index in [0.717, 1.165) is 25.9 Å². The zero-order valence-electron chi connectivity index (χ0n) is 9.27. The molecule has 1 heterocycles. The zero-order valence-corrected chi connectivity index (χ0v) is 9.27. The summed E-state index contributed by atoms with van der Waals surface area (Å²) in [4.78, 5) is 0. The topological polar surface area (TPSA) is 27.3 Å². The molecule has 1 aliphatic heterocycles. The van der Waals surface area contributed by atoms with Gasteiger partial charge < -0.3 is 5.32 Å². The number of hydrogen-bond acceptors (Lipinski definition) is 3. The standard InChI is InChI=1S/C11H21N3/c1-4-8-13-14(3)11-10(5-2)7-6-9-12-11/h5,12-13H,2,4,6-9H2,1,3H3. The number of rotatable bonds is 5. The van der Waals surface area contributed by atoms with Gasteiger partial charge in [0.25, 0.3) is 0 Å². The number of nitrogens with one attached hydrogen (secondary N) is 2. The first-order valence-electron chi connectivity index (χ1n) is 5.36. The van der Waals surface area contributed by atoms with E-state index < -0.39 is 0 Å². The Kier molecular flexibility index (Phi) is 4.53. The SMILES string of the molecule is C=CC1=C(N(C)NCCC)NCCC1. The molecule has 0 spiro atoms. The fourth-order valence-electron chi connectivity index (χ4n) is 1.61. The van der Waals surface area contributed by atoms with Crippen LogP contribution in [0.15, 0.2) is 24.0 Å². The first kappa shape index (κ1) is 11.1. The van der Waals surface area contributed by atoms with Gasteiger partial charge in [0.2, 0.25) is 0 Å². The highest BCUT2D eigenvalue weighted by molar-refractivity contribution is 5.23. The van der Waals surface area contributed by atoms with Crippen molar-refractivity contribution in [3.05, 3.63) is 24.0 Å². The van der Waals surface area contributed by atoms with Gasteiger partial charge in [-0.1, -0.05) is 19.6 Å². The summed E-state index contributed by atoms with van der Waals surface area (Å²) in [5.74, 6) is 1.18. The minimum absolute atomic E-state index is 1.01. The second-order valence-electron chi connectivity index (χ2n) is 3.58. The summed E-state index contributed by atoms with van der Waals surface area (Å²) >= 11 is 0. The Morgan fingerprint density at radius 2 is 2.43 bits per heavy atom. The third-order valence-electron chi connectivity index (χ3n) is 2.40. The molecule has 3 heteroatoms. The monoisotopic (exact) mass is 195 g/mol. The van der Waals surface area contributed by atoms with E-state index >= 15 is 0 Å². The normalized spacial score (nSPS) is 16.4. The van der Waals surface area contributed by atoms with Crippen molar-refractivity contribution in [1.29, 1.82) is 0 Å². The lowest BCUT2D eigenvalue weighted by atomic mass is 10.1. The molecule has 14 heavy (non-hydrogen) atoms. The van der Waals surface area contributed by atoms with Crippen LogP contribution in [0, 0.1) is 0 Å². The highest BCUT2D eigenvalue weighted by Crippen LogP contribution is 2.16. The lowest BCUT2D eigenvalue weighted by molar-refractivity contribution is 0.270. The molecular weight excluding hydrogens is 174 g/mol. The van der Waals surface area contributed by atoms with E-state index in [2.05, 4.69) is 29.3 Å². The molecule has 0 saturated carbocycles. The van der Waals surface area contributed by atoms with Gasteiger partial charge in [-0.25, -0.2) is 5.43 Å². The highest BCUT2D eigenvalue weighted by atomic mass is 15.5. The van der Waals surface area contributed by atoms with Crippen molar-refractivity contribution >= 4 is 0 Å². The van der Waals surface area contributed by atoms with Gasteiger partial charge >= 0.3 is 0 Å². The first-order chi connectivity index (χ1) is 6.79. The maximum Gasteiger partial charge on any atom is 0.119 e. The first-order valence-corrected chi connectivity index (χ1v) is 5.36. The molecular formula is C11H21N3. The maximum atomic E-state index is 3.84. The van der Waals surface area contributed by atoms with Crippen LogP contribution in [-0.2, 0) is 0 Å². The minimum atomic E-state index is 1.01. The van der Waals surface area contributed by atoms with Crippen LogP contribution in [0.3, 0.4) is 0 Å². The number of nitrogens with zero attached hydrogens (tertiary/aromatic N) is 1. The summed E-state index contributed by atoms with van der Waals surface area (Å²) in [5.41, 5.74) is 4.64. The van der Waals surface area contributed by atoms with Crippen molar-refractivity contribution in [2.45, 2.75) is 26.2 Å². The number of hydrazine groups is 1. The minimum Gasteiger partial charge on any atom is -0.370 e. The van der Waals surface area contributed by atoms with Crippen molar-refractivity contribution in [2.75, 3.05) is 20.1 Å². The van der Waals surface area contributed by atoms with Crippen molar-refractivity contribution < 1.29 is 0 Å². The van der Waals surface area contributed by atoms with Crippen LogP contribution in [0.5, 0.6) is 0 Å². The quantitative estimate of drug-likeness (QED) is 0.653. The molecule has 0 aromatic carbocycles. The molecule has 0 atom stereocenters. The van der Waals surface area contributed by atoms with Gasteiger partial charge in [0, 0.05) is 20.1 Å². The molecule has 80 valence electrons. The molecule has 2 N–H and O–H groups in total. The van der Waals surface area contributed by atoms with Crippen molar-refractivity contribution in [1.82, 2.24) is 15.8 Å². The van der Waals surface area contributed by atoms with Crippen LogP contribution in [0.4, 0.5) is 0 Å². The molecule has 0 fully saturated rings. The van der Waals surface area contributed by atoms with Crippen LogP contribution in [0.2, 0.25) is 0 Å². The fraction of sp³-hybridized carbons (Fsp3) is 0.636. The van der Waals surface area contributed by atoms with Crippen LogP contribution in [0.1, 0.15) is 26.2 Å². The summed E-state index contributed by atoms with van der Waals surface area (Å²) in [5, 5.41) is 5.47. The Hall–Kier alpha value is -0.960. The molecule has 3 nitrogen and oxygen atoms in total. The predicted octanol–water partition coefficient (Wildman–Crippen LogP) is 1.61. The Balaban J connectivity index is 2.61. The van der Waals surface area contributed by atoms with Gasteiger partial charge in [0.1, 0.15) is 5.82 Å². The Bertz CT molecular complexity index is 221. The van der Waals surface area contributed by atoms with E-state index in [0.29, 0.717) is 0 Å². The molecule has 0 amide bonds. The van der Waals surface area contributed by atoms with E-state index in [1.807, 2.05) is 13.1 Å². The molecule has 0 aliphatic carbocycles. The van der Waals surface area contributed by atoms with Crippen LogP contribution in [0.25, 0.3) is 0 Å². The van der Waals surface area contributed by atoms with E-state index in [9.17, 15) is 0 Å². The van der Waals surface area contributed by atoms with E-state index in [-0.39, 0.29) is 0 Å². The Morgan fingerprint density at radius 1 is 1.64 bits per heavy atom. The van der Waals surface area contributed by atoms with E-state index in [1.54, 1.807) is 0 Å². The van der Waals surface area contributed by atoms with Crippen LogP contribution < -0.4 is 10.7 Å². The van der Waals surface area contributed by atoms with Crippen LogP contribution in [-0.4, -0.2) is 25.1 Å². The Labute approximate surface area is 86.8 Å². The van der Waals surface area contributed by atoms with Crippen molar-refractivity contribution in [3.8, 4) is 0 Å². The average Bonchev–Trinajstić information content (AvgIpc) is 2.25. The second kappa shape index (κ2) is 5.70. The van der Waals surface area contributed by atoms with Gasteiger partial charge in [0.15, 0.2) is 0 Å². The molecule has 1 aliphatic rings. The van der Waals surface area contributed by atoms with E-state index in [1.165, 1.54) is 17.8 Å². The Morgan fingerprint density at radius 3 is 3.07 bits per heavy atom. The molecule has 0 radical (unpaired) electrons. The van der Waals surface area contributed by atoms with Gasteiger partial charge in [-0.3, -0.25) is 5.01 Å². The molecule has 0 aromatic heterocycles. The largest absolute Gasteiger partial charge is 0.370 e. The van der Waals surface area contributed by atoms with Crippen molar-refractivity contribution in [3.63, 3.8) is 0 Å². The van der Waals surface area contributed by atoms with Crippen LogP contribution >= 0.6 is 0 Å². The third kappa shape index (κ3) is 2.77. The smallest absolute Gasteiger partial charge is 0.119 e. The van der Waals surface area contributed by atoms with E-state index in [4.69, 9.17) is 0 Å². The summed E-state index contributed by atoms with van der Waals surface area (Å²) < 4.78 is 0. The number of hydrogen-bond donors (Lipinski definition) is 2. The van der Waals surface area contributed by atoms with Gasteiger partial charge in [-0.05, 0) is 24.8 Å². The summed E-state index contributed by atoms with van der Waals surface area (Å²) in [6.45, 7) is 8.08. The lowest BCUT2D eigenvalue weighted by Crippen LogP contribution is -2.41. The van der Waals surface area contributed by atoms with Crippen molar-refractivity contribution in [2.24, 2.45) is 0 Å². The molecule has 0 aromatic rings. The fourth-order valence-corrected chi connectivity index (χ4v) is 1.61. The van der Waals surface area contributed by atoms with Gasteiger partial charge in [-0.15, -0.1) is 0 Å². The maximum absolute atomic E-state index is 3.84. The second-order valence-corrected chi connectivity index (χ2v) is 3.58. The lowest BCUT2D eigenvalue weighted by Gasteiger charge is -2.29. The zero-order chi connectivity index (χ0) is 10.4.